The molecule has 0 atom stereocenters. The topological polar surface area (TPSA) is 158 Å². The van der Waals surface area contributed by atoms with Gasteiger partial charge in [0.2, 0.25) is 5.60 Å². The van der Waals surface area contributed by atoms with Gasteiger partial charge in [0, 0.05) is 0 Å². The first-order valence-electron chi connectivity index (χ1n) is 3.78. The second-order valence-electron chi connectivity index (χ2n) is 2.81. The summed E-state index contributed by atoms with van der Waals surface area (Å²) in [5.41, 5.74) is -2.82. The van der Waals surface area contributed by atoms with Gasteiger partial charge in [0.1, 0.15) is 0 Å². The Balaban J connectivity index is -0.000000375. The predicted octanol–water partition coefficient (Wildman–Crippen LogP) is -0.702. The minimum atomic E-state index is -2.82. The molecule has 0 fully saturated rings. The van der Waals surface area contributed by atoms with Crippen LogP contribution in [-0.2, 0) is 19.1 Å². The van der Waals surface area contributed by atoms with Crippen molar-refractivity contribution in [2.24, 2.45) is 0 Å². The summed E-state index contributed by atoms with van der Waals surface area (Å²) in [5, 5.41) is 33.7. The normalized spacial score (nSPS) is 9.88. The van der Waals surface area contributed by atoms with Gasteiger partial charge in [0.15, 0.2) is 0 Å². The fraction of sp³-hybridized carbons (Fsp3) is 0.429. The van der Waals surface area contributed by atoms with Crippen LogP contribution in [0.1, 0.15) is 15.7 Å². The average Bonchev–Trinajstić information content (AvgIpc) is 1.98. The first-order chi connectivity index (χ1) is 7.19. The fourth-order valence-electron chi connectivity index (χ4n) is 0.985. The van der Waals surface area contributed by atoms with Crippen LogP contribution in [0.25, 0.3) is 0 Å². The van der Waals surface area contributed by atoms with Crippen LogP contribution < -0.4 is 0 Å². The van der Waals surface area contributed by atoms with Crippen LogP contribution >= 0.6 is 0 Å². The number of rotatable bonds is 6. The molecule has 9 nitrogen and oxygen atoms in total. The molecule has 0 aromatic heterocycles. The van der Waals surface area contributed by atoms with E-state index in [4.69, 9.17) is 20.4 Å². The summed E-state index contributed by atoms with van der Waals surface area (Å²) >= 11 is 0. The second-order valence-corrected chi connectivity index (χ2v) is 2.81. The minimum Gasteiger partial charge on any atom is -1.00 e. The van der Waals surface area contributed by atoms with E-state index in [1.807, 2.05) is 0 Å². The van der Waals surface area contributed by atoms with Gasteiger partial charge >= 0.3 is 61.8 Å². The zero-order valence-electron chi connectivity index (χ0n) is 10.5. The zero-order valence-corrected chi connectivity index (χ0v) is 10.7. The zero-order chi connectivity index (χ0) is 12.9. The van der Waals surface area contributed by atoms with Gasteiger partial charge in [-0.05, 0) is 0 Å². The van der Waals surface area contributed by atoms with E-state index in [2.05, 4.69) is 4.74 Å². The molecule has 0 amide bonds. The first-order valence-corrected chi connectivity index (χ1v) is 3.78. The fourth-order valence-corrected chi connectivity index (χ4v) is 0.985. The van der Waals surface area contributed by atoms with Gasteiger partial charge in [-0.15, -0.1) is 0 Å². The number of aliphatic carboxylic acids is 3. The molecule has 0 radical (unpaired) electrons. The molecular formula is C7H10CaO9. The standard InChI is InChI=1S/C7H8O9.Ca.2H/c8-3(9)1-7(5(12)13,2-4(10)11)16-6(14)15;;;/h1-2H2,(H,8,9)(H,10,11)(H,12,13)(H,14,15);;;/q;+2;2*-1. The van der Waals surface area contributed by atoms with E-state index in [0.717, 1.165) is 0 Å². The van der Waals surface area contributed by atoms with Crippen molar-refractivity contribution in [1.29, 1.82) is 0 Å². The van der Waals surface area contributed by atoms with E-state index in [9.17, 15) is 19.2 Å². The van der Waals surface area contributed by atoms with Crippen molar-refractivity contribution >= 4 is 61.8 Å². The van der Waals surface area contributed by atoms with E-state index >= 15 is 0 Å². The number of carboxylic acids is 3. The Morgan fingerprint density at radius 1 is 0.941 bits per heavy atom. The monoisotopic (exact) mass is 278 g/mol. The van der Waals surface area contributed by atoms with Crippen LogP contribution in [0, 0.1) is 0 Å². The summed E-state index contributed by atoms with van der Waals surface area (Å²) in [4.78, 5) is 41.6. The largest absolute Gasteiger partial charge is 2.00 e. The molecule has 17 heavy (non-hydrogen) atoms. The Hall–Kier alpha value is -1.06. The smallest absolute Gasteiger partial charge is 1.00 e. The van der Waals surface area contributed by atoms with E-state index in [1.54, 1.807) is 0 Å². The molecule has 0 aromatic carbocycles. The Morgan fingerprint density at radius 2 is 1.29 bits per heavy atom. The Kier molecular flexibility index (Phi) is 7.86. The van der Waals surface area contributed by atoms with Crippen molar-refractivity contribution in [3.63, 3.8) is 0 Å². The van der Waals surface area contributed by atoms with E-state index in [-0.39, 0.29) is 40.6 Å². The molecule has 0 aliphatic rings. The van der Waals surface area contributed by atoms with Crippen LogP contribution in [0.5, 0.6) is 0 Å². The maximum absolute atomic E-state index is 10.7. The maximum atomic E-state index is 10.7. The number of hydrogen-bond donors (Lipinski definition) is 4. The van der Waals surface area contributed by atoms with E-state index in [1.165, 1.54) is 0 Å². The number of ether oxygens (including phenoxy) is 1. The summed E-state index contributed by atoms with van der Waals surface area (Å²) in [5.74, 6) is -5.35. The second kappa shape index (κ2) is 7.30. The quantitative estimate of drug-likeness (QED) is 0.364. The van der Waals surface area contributed by atoms with Crippen molar-refractivity contribution in [1.82, 2.24) is 0 Å². The van der Waals surface area contributed by atoms with Gasteiger partial charge in [-0.3, -0.25) is 9.59 Å². The van der Waals surface area contributed by atoms with Crippen LogP contribution in [0.4, 0.5) is 4.79 Å². The Morgan fingerprint density at radius 3 is 1.47 bits per heavy atom. The summed E-state index contributed by atoms with van der Waals surface area (Å²) < 4.78 is 3.88. The predicted molar refractivity (Wildman–Crippen MR) is 52.0 cm³/mol. The van der Waals surface area contributed by atoms with Gasteiger partial charge in [0.25, 0.3) is 0 Å². The summed E-state index contributed by atoms with van der Waals surface area (Å²) in [6.07, 6.45) is -4.62. The number of hydrogen-bond acceptors (Lipinski definition) is 5. The van der Waals surface area contributed by atoms with Gasteiger partial charge < -0.3 is 28.0 Å². The molecule has 0 aliphatic heterocycles. The molecule has 0 aliphatic carbocycles. The third-order valence-electron chi connectivity index (χ3n) is 1.55. The SMILES string of the molecule is O=C(O)CC(CC(=O)O)(OC(=O)O)C(=O)O.[Ca+2].[H-].[H-]. The summed E-state index contributed by atoms with van der Waals surface area (Å²) in [6.45, 7) is 0. The average molecular weight is 278 g/mol. The third-order valence-corrected chi connectivity index (χ3v) is 1.55. The Bertz CT molecular complexity index is 305. The molecule has 0 aromatic rings. The Labute approximate surface area is 127 Å². The maximum Gasteiger partial charge on any atom is 2.00 e. The molecule has 0 unspecified atom stereocenters. The van der Waals surface area contributed by atoms with E-state index in [0.29, 0.717) is 0 Å². The van der Waals surface area contributed by atoms with E-state index < -0.39 is 42.5 Å². The molecular weight excluding hydrogens is 268 g/mol. The third kappa shape index (κ3) is 6.29. The van der Waals surface area contributed by atoms with Crippen LogP contribution in [-0.4, -0.2) is 87.8 Å². The van der Waals surface area contributed by atoms with Gasteiger partial charge in [-0.2, -0.15) is 0 Å². The molecule has 0 bridgehead atoms. The van der Waals surface area contributed by atoms with Gasteiger partial charge in [-0.1, -0.05) is 0 Å². The molecule has 4 N–H and O–H groups in total. The van der Waals surface area contributed by atoms with Crippen LogP contribution in [0.3, 0.4) is 0 Å². The molecule has 0 rings (SSSR count). The summed E-state index contributed by atoms with van der Waals surface area (Å²) in [7, 11) is 0. The van der Waals surface area contributed by atoms with Crippen molar-refractivity contribution < 1.29 is 47.2 Å². The number of carboxylic acid groups (broad SMARTS) is 4. The van der Waals surface area contributed by atoms with Crippen molar-refractivity contribution in [3.8, 4) is 0 Å². The first kappa shape index (κ1) is 18.3. The molecule has 10 heteroatoms. The minimum absolute atomic E-state index is 0. The van der Waals surface area contributed by atoms with Crippen molar-refractivity contribution in [3.05, 3.63) is 0 Å². The summed E-state index contributed by atoms with van der Waals surface area (Å²) in [6, 6.07) is 0. The molecule has 0 spiro atoms. The van der Waals surface area contributed by atoms with Crippen molar-refractivity contribution in [2.45, 2.75) is 18.4 Å². The van der Waals surface area contributed by atoms with Crippen molar-refractivity contribution in [2.75, 3.05) is 0 Å². The molecule has 0 saturated carbocycles. The van der Waals surface area contributed by atoms with Gasteiger partial charge in [0.05, 0.1) is 12.8 Å². The molecule has 0 heterocycles. The van der Waals surface area contributed by atoms with Crippen LogP contribution in [0.2, 0.25) is 0 Å². The van der Waals surface area contributed by atoms with Gasteiger partial charge in [-0.25, -0.2) is 9.59 Å². The molecule has 0 saturated heterocycles. The molecule has 94 valence electrons. The number of carbonyl (C=O) groups is 4. The van der Waals surface area contributed by atoms with Crippen LogP contribution in [0.15, 0.2) is 0 Å².